The maximum atomic E-state index is 12.3. The van der Waals surface area contributed by atoms with Crippen LogP contribution in [0, 0.1) is 0 Å². The molecule has 0 atom stereocenters. The van der Waals surface area contributed by atoms with E-state index in [1.54, 1.807) is 0 Å². The number of benzene rings is 1. The zero-order valence-corrected chi connectivity index (χ0v) is 11.1. The molecule has 2 rings (SSSR count). The summed E-state index contributed by atoms with van der Waals surface area (Å²) in [5.74, 6) is -0.511. The van der Waals surface area contributed by atoms with Gasteiger partial charge in [0.05, 0.1) is 18.6 Å². The minimum absolute atomic E-state index is 0.122. The Balaban J connectivity index is 2.62. The summed E-state index contributed by atoms with van der Waals surface area (Å²) in [7, 11) is -4.56. The molecular formula is C11H7F3O6S. The topological polar surface area (TPSA) is 82.8 Å². The molecule has 0 unspecified atom stereocenters. The lowest BCUT2D eigenvalue weighted by molar-refractivity contribution is -0.0499. The molecule has 2 aromatic rings. The highest BCUT2D eigenvalue weighted by molar-refractivity contribution is 7.88. The van der Waals surface area contributed by atoms with Crippen LogP contribution in [0.3, 0.4) is 0 Å². The third-order valence-electron chi connectivity index (χ3n) is 2.40. The van der Waals surface area contributed by atoms with E-state index in [0.717, 1.165) is 0 Å². The van der Waals surface area contributed by atoms with Crippen LogP contribution in [0.2, 0.25) is 0 Å². The van der Waals surface area contributed by atoms with Gasteiger partial charge in [0.15, 0.2) is 5.75 Å². The van der Waals surface area contributed by atoms with Crippen LogP contribution < -0.4 is 14.5 Å². The first kappa shape index (κ1) is 15.2. The second-order valence-electron chi connectivity index (χ2n) is 3.77. The van der Waals surface area contributed by atoms with Gasteiger partial charge in [-0.15, -0.1) is 0 Å². The maximum absolute atomic E-state index is 12.3. The van der Waals surface area contributed by atoms with Gasteiger partial charge in [0, 0.05) is 6.07 Å². The Morgan fingerprint density at radius 2 is 1.86 bits per heavy atom. The molecule has 21 heavy (non-hydrogen) atoms. The van der Waals surface area contributed by atoms with E-state index in [2.05, 4.69) is 4.18 Å². The minimum atomic E-state index is -5.89. The van der Waals surface area contributed by atoms with E-state index in [4.69, 9.17) is 9.15 Å². The molecule has 0 aliphatic rings. The predicted molar refractivity (Wildman–Crippen MR) is 64.6 cm³/mol. The third kappa shape index (κ3) is 2.94. The van der Waals surface area contributed by atoms with Gasteiger partial charge < -0.3 is 13.3 Å². The summed E-state index contributed by atoms with van der Waals surface area (Å²) in [6.45, 7) is 0. The number of hydrogen-bond donors (Lipinski definition) is 0. The largest absolute Gasteiger partial charge is 0.534 e. The normalized spacial score (nSPS) is 12.4. The van der Waals surface area contributed by atoms with Crippen molar-refractivity contribution in [3.63, 3.8) is 0 Å². The molecule has 0 fully saturated rings. The van der Waals surface area contributed by atoms with Crippen molar-refractivity contribution in [2.75, 3.05) is 7.11 Å². The molecule has 0 bridgehead atoms. The van der Waals surface area contributed by atoms with Crippen LogP contribution in [-0.4, -0.2) is 21.0 Å². The fraction of sp³-hybridized carbons (Fsp3) is 0.182. The number of halogens is 3. The fourth-order valence-corrected chi connectivity index (χ4v) is 1.94. The number of methoxy groups -OCH3 is 1. The quantitative estimate of drug-likeness (QED) is 0.488. The molecule has 0 saturated carbocycles. The molecule has 1 heterocycles. The van der Waals surface area contributed by atoms with Crippen LogP contribution >= 0.6 is 0 Å². The van der Waals surface area contributed by atoms with Gasteiger partial charge in [-0.2, -0.15) is 21.6 Å². The van der Waals surface area contributed by atoms with Crippen molar-refractivity contribution in [1.29, 1.82) is 0 Å². The third-order valence-corrected chi connectivity index (χ3v) is 3.36. The van der Waals surface area contributed by atoms with Crippen molar-refractivity contribution < 1.29 is 34.9 Å². The van der Waals surface area contributed by atoms with Crippen molar-refractivity contribution in [2.45, 2.75) is 5.51 Å². The van der Waals surface area contributed by atoms with Gasteiger partial charge in [-0.3, -0.25) is 0 Å². The van der Waals surface area contributed by atoms with E-state index in [-0.39, 0.29) is 16.7 Å². The average Bonchev–Trinajstić information content (AvgIpc) is 2.35. The molecule has 1 aromatic heterocycles. The molecule has 0 saturated heterocycles. The van der Waals surface area contributed by atoms with Crippen LogP contribution in [0.5, 0.6) is 11.5 Å². The standard InChI is InChI=1S/C11H7F3O6S/c1-18-6-2-3-7-8(4-6)19-10(15)5-9(7)20-21(16,17)11(12,13)14/h2-5H,1H3. The molecule has 0 amide bonds. The Morgan fingerprint density at radius 3 is 2.43 bits per heavy atom. The highest BCUT2D eigenvalue weighted by Gasteiger charge is 2.48. The number of alkyl halides is 3. The zero-order chi connectivity index (χ0) is 15.8. The number of ether oxygens (including phenoxy) is 1. The lowest BCUT2D eigenvalue weighted by atomic mass is 10.2. The van der Waals surface area contributed by atoms with Gasteiger partial charge in [0.2, 0.25) is 0 Å². The van der Waals surface area contributed by atoms with Crippen molar-refractivity contribution >= 4 is 21.1 Å². The molecule has 0 aliphatic heterocycles. The predicted octanol–water partition coefficient (Wildman–Crippen LogP) is 2.03. The second-order valence-corrected chi connectivity index (χ2v) is 5.31. The average molecular weight is 324 g/mol. The number of hydrogen-bond acceptors (Lipinski definition) is 6. The van der Waals surface area contributed by atoms with Gasteiger partial charge in [-0.05, 0) is 12.1 Å². The summed E-state index contributed by atoms with van der Waals surface area (Å²) in [6.07, 6.45) is 0. The van der Waals surface area contributed by atoms with Crippen molar-refractivity contribution in [3.8, 4) is 11.5 Å². The Bertz CT molecular complexity index is 837. The summed E-state index contributed by atoms with van der Waals surface area (Å²) in [5.41, 5.74) is -6.85. The van der Waals surface area contributed by atoms with E-state index in [0.29, 0.717) is 6.07 Å². The zero-order valence-electron chi connectivity index (χ0n) is 10.3. The lowest BCUT2D eigenvalue weighted by Gasteiger charge is -2.11. The monoisotopic (exact) mass is 324 g/mol. The van der Waals surface area contributed by atoms with E-state index < -0.39 is 27.0 Å². The molecular weight excluding hydrogens is 317 g/mol. The second kappa shape index (κ2) is 4.95. The highest BCUT2D eigenvalue weighted by atomic mass is 32.2. The SMILES string of the molecule is COc1ccc2c(OS(=O)(=O)C(F)(F)F)cc(=O)oc2c1. The summed E-state index contributed by atoms with van der Waals surface area (Å²) in [5, 5.41) is -0.122. The summed E-state index contributed by atoms with van der Waals surface area (Å²) in [4.78, 5) is 11.3. The maximum Gasteiger partial charge on any atom is 0.534 e. The summed E-state index contributed by atoms with van der Waals surface area (Å²) >= 11 is 0. The van der Waals surface area contributed by atoms with Crippen LogP contribution in [0.1, 0.15) is 0 Å². The van der Waals surface area contributed by atoms with Crippen LogP contribution in [-0.2, 0) is 10.1 Å². The first-order chi connectivity index (χ1) is 9.64. The van der Waals surface area contributed by atoms with Gasteiger partial charge in [0.1, 0.15) is 11.3 Å². The van der Waals surface area contributed by atoms with Crippen LogP contribution in [0.25, 0.3) is 11.0 Å². The molecule has 6 nitrogen and oxygen atoms in total. The lowest BCUT2D eigenvalue weighted by Crippen LogP contribution is -2.28. The molecule has 0 spiro atoms. The van der Waals surface area contributed by atoms with E-state index in [1.165, 1.54) is 25.3 Å². The van der Waals surface area contributed by atoms with E-state index >= 15 is 0 Å². The minimum Gasteiger partial charge on any atom is -0.497 e. The fourth-order valence-electron chi connectivity index (χ4n) is 1.47. The van der Waals surface area contributed by atoms with Gasteiger partial charge in [-0.1, -0.05) is 0 Å². The van der Waals surface area contributed by atoms with E-state index in [1.807, 2.05) is 0 Å². The highest BCUT2D eigenvalue weighted by Crippen LogP contribution is 2.32. The van der Waals surface area contributed by atoms with Gasteiger partial charge in [0.25, 0.3) is 0 Å². The van der Waals surface area contributed by atoms with Crippen molar-refractivity contribution in [1.82, 2.24) is 0 Å². The van der Waals surface area contributed by atoms with Gasteiger partial charge >= 0.3 is 21.3 Å². The molecule has 0 radical (unpaired) electrons. The number of rotatable bonds is 3. The molecule has 0 aliphatic carbocycles. The molecule has 114 valence electrons. The smallest absolute Gasteiger partial charge is 0.497 e. The van der Waals surface area contributed by atoms with Gasteiger partial charge in [-0.25, -0.2) is 4.79 Å². The molecule has 0 N–H and O–H groups in total. The Kier molecular flexibility index (Phi) is 3.58. The first-order valence-electron chi connectivity index (χ1n) is 5.27. The van der Waals surface area contributed by atoms with Crippen LogP contribution in [0.4, 0.5) is 13.2 Å². The van der Waals surface area contributed by atoms with Crippen molar-refractivity contribution in [3.05, 3.63) is 34.7 Å². The van der Waals surface area contributed by atoms with E-state index in [9.17, 15) is 26.4 Å². The summed E-state index contributed by atoms with van der Waals surface area (Å²) < 4.78 is 72.5. The Morgan fingerprint density at radius 1 is 1.19 bits per heavy atom. The Labute approximate surface area is 115 Å². The van der Waals surface area contributed by atoms with Crippen LogP contribution in [0.15, 0.2) is 33.5 Å². The number of fused-ring (bicyclic) bond motifs is 1. The Hall–Kier alpha value is -2.23. The molecule has 10 heteroatoms. The van der Waals surface area contributed by atoms with Crippen molar-refractivity contribution in [2.24, 2.45) is 0 Å². The first-order valence-corrected chi connectivity index (χ1v) is 6.67. The summed E-state index contributed by atoms with van der Waals surface area (Å²) in [6, 6.07) is 4.27. The molecule has 1 aromatic carbocycles.